The number of ether oxygens (including phenoxy) is 1. The summed E-state index contributed by atoms with van der Waals surface area (Å²) in [6.45, 7) is 2.10. The zero-order chi connectivity index (χ0) is 15.2. The first-order chi connectivity index (χ1) is 10.1. The van der Waals surface area contributed by atoms with Gasteiger partial charge in [-0.25, -0.2) is 0 Å². The number of benzene rings is 1. The summed E-state index contributed by atoms with van der Waals surface area (Å²) in [5.74, 6) is 0.230. The third-order valence-corrected chi connectivity index (χ3v) is 4.29. The van der Waals surface area contributed by atoms with Crippen LogP contribution in [0.1, 0.15) is 35.4 Å². The van der Waals surface area contributed by atoms with Crippen molar-refractivity contribution in [1.29, 1.82) is 0 Å². The van der Waals surface area contributed by atoms with E-state index in [2.05, 4.69) is 17.0 Å². The van der Waals surface area contributed by atoms with Crippen LogP contribution in [0.15, 0.2) is 35.7 Å². The summed E-state index contributed by atoms with van der Waals surface area (Å²) < 4.78 is 29.9. The molecule has 2 nitrogen and oxygen atoms in total. The molecular weight excluding hydrogens is 292 g/mol. The smallest absolute Gasteiger partial charge is 0.387 e. The summed E-state index contributed by atoms with van der Waals surface area (Å²) in [6.07, 6.45) is 0.971. The molecule has 0 spiro atoms. The topological polar surface area (TPSA) is 21.3 Å². The second kappa shape index (κ2) is 7.52. The fourth-order valence-corrected chi connectivity index (χ4v) is 3.25. The fourth-order valence-electron chi connectivity index (χ4n) is 2.24. The predicted octanol–water partition coefficient (Wildman–Crippen LogP) is 4.75. The molecule has 21 heavy (non-hydrogen) atoms. The van der Waals surface area contributed by atoms with Gasteiger partial charge >= 0.3 is 6.61 Å². The lowest BCUT2D eigenvalue weighted by atomic mass is 10.0. The van der Waals surface area contributed by atoms with Crippen LogP contribution in [0, 0.1) is 6.92 Å². The molecule has 114 valence electrons. The molecular formula is C16H19F2NOS. The van der Waals surface area contributed by atoms with Gasteiger partial charge in [0.05, 0.1) is 6.04 Å². The monoisotopic (exact) mass is 311 g/mol. The van der Waals surface area contributed by atoms with E-state index in [0.717, 1.165) is 29.0 Å². The summed E-state index contributed by atoms with van der Waals surface area (Å²) in [7, 11) is 0. The molecule has 0 fully saturated rings. The molecule has 0 saturated carbocycles. The highest BCUT2D eigenvalue weighted by molar-refractivity contribution is 7.10. The zero-order valence-electron chi connectivity index (χ0n) is 12.1. The summed E-state index contributed by atoms with van der Waals surface area (Å²) in [5, 5.41) is 5.44. The first kappa shape index (κ1) is 15.9. The summed E-state index contributed by atoms with van der Waals surface area (Å²) in [5.41, 5.74) is 1.90. The van der Waals surface area contributed by atoms with Crippen molar-refractivity contribution in [3.8, 4) is 5.75 Å². The number of aryl methyl sites for hydroxylation is 1. The zero-order valence-corrected chi connectivity index (χ0v) is 12.9. The van der Waals surface area contributed by atoms with Crippen LogP contribution in [-0.2, 0) is 0 Å². The first-order valence-electron chi connectivity index (χ1n) is 6.94. The van der Waals surface area contributed by atoms with E-state index in [-0.39, 0.29) is 11.8 Å². The first-order valence-corrected chi connectivity index (χ1v) is 7.82. The number of hydrogen-bond donors (Lipinski definition) is 1. The maximum absolute atomic E-state index is 12.6. The SMILES string of the molecule is CCCNC(c1ccccc1OC(F)F)c1sccc1C. The van der Waals surface area contributed by atoms with Gasteiger partial charge in [0.25, 0.3) is 0 Å². The quantitative estimate of drug-likeness (QED) is 0.797. The normalized spacial score (nSPS) is 12.6. The van der Waals surface area contributed by atoms with Crippen LogP contribution < -0.4 is 10.1 Å². The Morgan fingerprint density at radius 2 is 2.00 bits per heavy atom. The van der Waals surface area contributed by atoms with Gasteiger partial charge in [-0.1, -0.05) is 25.1 Å². The van der Waals surface area contributed by atoms with Crippen LogP contribution >= 0.6 is 11.3 Å². The highest BCUT2D eigenvalue weighted by Crippen LogP contribution is 2.35. The molecule has 5 heteroatoms. The van der Waals surface area contributed by atoms with Gasteiger partial charge in [-0.15, -0.1) is 11.3 Å². The van der Waals surface area contributed by atoms with Gasteiger partial charge in [0, 0.05) is 10.4 Å². The van der Waals surface area contributed by atoms with Crippen molar-refractivity contribution in [3.63, 3.8) is 0 Å². The van der Waals surface area contributed by atoms with Crippen molar-refractivity contribution in [1.82, 2.24) is 5.32 Å². The number of thiophene rings is 1. The van der Waals surface area contributed by atoms with Gasteiger partial charge in [0.15, 0.2) is 0 Å². The highest BCUT2D eigenvalue weighted by Gasteiger charge is 2.21. The summed E-state index contributed by atoms with van der Waals surface area (Å²) in [6, 6.07) is 8.89. The molecule has 1 N–H and O–H groups in total. The van der Waals surface area contributed by atoms with Gasteiger partial charge in [-0.3, -0.25) is 0 Å². The van der Waals surface area contributed by atoms with E-state index in [1.807, 2.05) is 30.5 Å². The summed E-state index contributed by atoms with van der Waals surface area (Å²) >= 11 is 1.62. The summed E-state index contributed by atoms with van der Waals surface area (Å²) in [4.78, 5) is 1.13. The van der Waals surface area contributed by atoms with E-state index >= 15 is 0 Å². The number of hydrogen-bond acceptors (Lipinski definition) is 3. The Kier molecular flexibility index (Phi) is 5.70. The van der Waals surface area contributed by atoms with E-state index in [0.29, 0.717) is 0 Å². The van der Waals surface area contributed by atoms with Crippen LogP contribution in [0.4, 0.5) is 8.78 Å². The van der Waals surface area contributed by atoms with Crippen molar-refractivity contribution < 1.29 is 13.5 Å². The lowest BCUT2D eigenvalue weighted by Crippen LogP contribution is -2.24. The van der Waals surface area contributed by atoms with Gasteiger partial charge in [-0.05, 0) is 43.0 Å². The van der Waals surface area contributed by atoms with Crippen LogP contribution in [-0.4, -0.2) is 13.2 Å². The van der Waals surface area contributed by atoms with Crippen molar-refractivity contribution in [2.45, 2.75) is 32.9 Å². The maximum atomic E-state index is 12.6. The van der Waals surface area contributed by atoms with Gasteiger partial charge < -0.3 is 10.1 Å². The van der Waals surface area contributed by atoms with Crippen molar-refractivity contribution in [3.05, 3.63) is 51.7 Å². The Morgan fingerprint density at radius 3 is 2.62 bits per heavy atom. The number of alkyl halides is 2. The second-order valence-corrected chi connectivity index (χ2v) is 5.72. The Bertz CT molecular complexity index is 571. The molecule has 1 aromatic heterocycles. The number of rotatable bonds is 7. The number of nitrogens with one attached hydrogen (secondary N) is 1. The lowest BCUT2D eigenvalue weighted by molar-refractivity contribution is -0.0506. The highest BCUT2D eigenvalue weighted by atomic mass is 32.1. The van der Waals surface area contributed by atoms with Gasteiger partial charge in [0.1, 0.15) is 5.75 Å². The van der Waals surface area contributed by atoms with Crippen LogP contribution in [0.25, 0.3) is 0 Å². The average molecular weight is 311 g/mol. The molecule has 1 heterocycles. The minimum Gasteiger partial charge on any atom is -0.434 e. The average Bonchev–Trinajstić information content (AvgIpc) is 2.87. The molecule has 0 aliphatic carbocycles. The predicted molar refractivity (Wildman–Crippen MR) is 82.3 cm³/mol. The molecule has 1 atom stereocenters. The minimum atomic E-state index is -2.82. The third-order valence-electron chi connectivity index (χ3n) is 3.21. The molecule has 0 amide bonds. The number of para-hydroxylation sites is 1. The Balaban J connectivity index is 2.39. The van der Waals surface area contributed by atoms with E-state index in [4.69, 9.17) is 0 Å². The van der Waals surface area contributed by atoms with Gasteiger partial charge in [0.2, 0.25) is 0 Å². The molecule has 1 aromatic carbocycles. The molecule has 0 aliphatic heterocycles. The number of halogens is 2. The van der Waals surface area contributed by atoms with E-state index in [1.165, 1.54) is 0 Å². The van der Waals surface area contributed by atoms with E-state index < -0.39 is 6.61 Å². The molecule has 1 unspecified atom stereocenters. The fraction of sp³-hybridized carbons (Fsp3) is 0.375. The van der Waals surface area contributed by atoms with Crippen molar-refractivity contribution in [2.75, 3.05) is 6.54 Å². The molecule has 0 radical (unpaired) electrons. The Hall–Kier alpha value is -1.46. The van der Waals surface area contributed by atoms with Crippen LogP contribution in [0.2, 0.25) is 0 Å². The standard InChI is InChI=1S/C16H19F2NOS/c1-3-9-19-14(15-11(2)8-10-21-15)12-6-4-5-7-13(12)20-16(17)18/h4-8,10,14,16,19H,3,9H2,1-2H3. The molecule has 0 bridgehead atoms. The molecule has 0 aliphatic rings. The van der Waals surface area contributed by atoms with Crippen molar-refractivity contribution >= 4 is 11.3 Å². The molecule has 2 rings (SSSR count). The Labute approximate surface area is 127 Å². The Morgan fingerprint density at radius 1 is 1.24 bits per heavy atom. The van der Waals surface area contributed by atoms with Crippen LogP contribution in [0.5, 0.6) is 5.75 Å². The van der Waals surface area contributed by atoms with Gasteiger partial charge in [-0.2, -0.15) is 8.78 Å². The largest absolute Gasteiger partial charge is 0.434 e. The molecule has 2 aromatic rings. The molecule has 0 saturated heterocycles. The lowest BCUT2D eigenvalue weighted by Gasteiger charge is -2.21. The maximum Gasteiger partial charge on any atom is 0.387 e. The van der Waals surface area contributed by atoms with E-state index in [1.54, 1.807) is 23.5 Å². The minimum absolute atomic E-state index is 0.125. The van der Waals surface area contributed by atoms with E-state index in [9.17, 15) is 8.78 Å². The second-order valence-electron chi connectivity index (χ2n) is 4.77. The third kappa shape index (κ3) is 4.02. The van der Waals surface area contributed by atoms with Crippen LogP contribution in [0.3, 0.4) is 0 Å². The van der Waals surface area contributed by atoms with Crippen molar-refractivity contribution in [2.24, 2.45) is 0 Å².